The fourth-order valence-electron chi connectivity index (χ4n) is 1.95. The monoisotopic (exact) mass is 279 g/mol. The van der Waals surface area contributed by atoms with Crippen LogP contribution in [0.3, 0.4) is 0 Å². The van der Waals surface area contributed by atoms with E-state index in [9.17, 15) is 0 Å². The van der Waals surface area contributed by atoms with Gasteiger partial charge in [0.15, 0.2) is 0 Å². The standard InChI is InChI=1S/C13H17N3O2S/c1-8-3-6-11(18-8)10(7-17-2)14-13-15-12(16-19-13)9-4-5-9/h3,6,9-10H,4-5,7H2,1-2H3,(H,14,15,16)/t10-/m1/s1. The summed E-state index contributed by atoms with van der Waals surface area (Å²) in [6.07, 6.45) is 2.43. The van der Waals surface area contributed by atoms with Gasteiger partial charge in [0.25, 0.3) is 0 Å². The van der Waals surface area contributed by atoms with E-state index in [1.165, 1.54) is 24.4 Å². The van der Waals surface area contributed by atoms with Crippen LogP contribution in [0.1, 0.15) is 42.1 Å². The molecule has 0 bridgehead atoms. The highest BCUT2D eigenvalue weighted by Gasteiger charge is 2.28. The van der Waals surface area contributed by atoms with Crippen LogP contribution < -0.4 is 5.32 Å². The lowest BCUT2D eigenvalue weighted by Gasteiger charge is -2.14. The van der Waals surface area contributed by atoms with Crippen molar-refractivity contribution < 1.29 is 9.15 Å². The smallest absolute Gasteiger partial charge is 0.203 e. The third-order valence-corrected chi connectivity index (χ3v) is 3.78. The van der Waals surface area contributed by atoms with Gasteiger partial charge in [0, 0.05) is 24.6 Å². The van der Waals surface area contributed by atoms with Crippen molar-refractivity contribution in [1.82, 2.24) is 9.36 Å². The number of aryl methyl sites for hydroxylation is 1. The first-order chi connectivity index (χ1) is 9.26. The number of aromatic nitrogens is 2. The van der Waals surface area contributed by atoms with Crippen LogP contribution in [0, 0.1) is 6.92 Å². The number of ether oxygens (including phenoxy) is 1. The lowest BCUT2D eigenvalue weighted by molar-refractivity contribution is 0.178. The number of rotatable bonds is 6. The molecule has 6 heteroatoms. The van der Waals surface area contributed by atoms with Gasteiger partial charge in [0.1, 0.15) is 23.4 Å². The first-order valence-corrected chi connectivity index (χ1v) is 7.19. The maximum absolute atomic E-state index is 5.65. The van der Waals surface area contributed by atoms with Crippen molar-refractivity contribution in [2.24, 2.45) is 0 Å². The Morgan fingerprint density at radius 2 is 2.37 bits per heavy atom. The number of furan rings is 1. The molecule has 1 saturated carbocycles. The van der Waals surface area contributed by atoms with Gasteiger partial charge in [-0.2, -0.15) is 4.37 Å². The van der Waals surface area contributed by atoms with E-state index in [1.54, 1.807) is 7.11 Å². The van der Waals surface area contributed by atoms with Crippen LogP contribution in [-0.2, 0) is 4.74 Å². The van der Waals surface area contributed by atoms with Crippen LogP contribution in [0.4, 0.5) is 5.13 Å². The summed E-state index contributed by atoms with van der Waals surface area (Å²) in [5, 5.41) is 4.17. The summed E-state index contributed by atoms with van der Waals surface area (Å²) in [5.41, 5.74) is 0. The van der Waals surface area contributed by atoms with E-state index in [1.807, 2.05) is 19.1 Å². The minimum absolute atomic E-state index is 0.0290. The maximum atomic E-state index is 5.65. The molecule has 2 heterocycles. The van der Waals surface area contributed by atoms with Gasteiger partial charge in [-0.25, -0.2) is 4.98 Å². The van der Waals surface area contributed by atoms with Crippen molar-refractivity contribution >= 4 is 16.7 Å². The molecule has 19 heavy (non-hydrogen) atoms. The molecule has 0 aliphatic heterocycles. The highest BCUT2D eigenvalue weighted by Crippen LogP contribution is 2.39. The van der Waals surface area contributed by atoms with E-state index < -0.39 is 0 Å². The maximum Gasteiger partial charge on any atom is 0.203 e. The molecule has 0 amide bonds. The number of nitrogens with one attached hydrogen (secondary N) is 1. The first kappa shape index (κ1) is 12.6. The molecule has 1 aliphatic carbocycles. The van der Waals surface area contributed by atoms with Crippen LogP contribution in [0.2, 0.25) is 0 Å². The van der Waals surface area contributed by atoms with Crippen molar-refractivity contribution in [2.75, 3.05) is 19.0 Å². The first-order valence-electron chi connectivity index (χ1n) is 6.41. The van der Waals surface area contributed by atoms with Gasteiger partial charge in [-0.3, -0.25) is 0 Å². The summed E-state index contributed by atoms with van der Waals surface area (Å²) in [6, 6.07) is 3.89. The van der Waals surface area contributed by atoms with E-state index in [0.29, 0.717) is 12.5 Å². The lowest BCUT2D eigenvalue weighted by Crippen LogP contribution is -2.15. The molecule has 0 saturated heterocycles. The Bertz CT molecular complexity index is 548. The van der Waals surface area contributed by atoms with Crippen LogP contribution in [0.15, 0.2) is 16.5 Å². The van der Waals surface area contributed by atoms with Crippen molar-refractivity contribution in [2.45, 2.75) is 31.7 Å². The molecule has 1 N–H and O–H groups in total. The number of anilines is 1. The largest absolute Gasteiger partial charge is 0.464 e. The molecule has 102 valence electrons. The Morgan fingerprint density at radius 1 is 1.53 bits per heavy atom. The average Bonchev–Trinajstić information content (AvgIpc) is 2.99. The lowest BCUT2D eigenvalue weighted by atomic mass is 10.2. The quantitative estimate of drug-likeness (QED) is 0.880. The molecule has 1 aliphatic rings. The van der Waals surface area contributed by atoms with E-state index in [0.717, 1.165) is 22.5 Å². The fraction of sp³-hybridized carbons (Fsp3) is 0.538. The summed E-state index contributed by atoms with van der Waals surface area (Å²) in [6.45, 7) is 2.47. The van der Waals surface area contributed by atoms with E-state index in [-0.39, 0.29) is 6.04 Å². The van der Waals surface area contributed by atoms with Crippen molar-refractivity contribution in [3.63, 3.8) is 0 Å². The average molecular weight is 279 g/mol. The van der Waals surface area contributed by atoms with Gasteiger partial charge in [-0.1, -0.05) is 0 Å². The molecule has 5 nitrogen and oxygen atoms in total. The predicted octanol–water partition coefficient (Wildman–Crippen LogP) is 3.12. The Labute approximate surface area is 116 Å². The molecule has 1 fully saturated rings. The normalized spacial score (nSPS) is 16.5. The minimum atomic E-state index is -0.0290. The molecular formula is C13H17N3O2S. The number of hydrogen-bond acceptors (Lipinski definition) is 6. The van der Waals surface area contributed by atoms with Crippen LogP contribution in [0.25, 0.3) is 0 Å². The van der Waals surface area contributed by atoms with E-state index in [4.69, 9.17) is 9.15 Å². The van der Waals surface area contributed by atoms with Crippen LogP contribution >= 0.6 is 11.5 Å². The third-order valence-electron chi connectivity index (χ3n) is 3.12. The van der Waals surface area contributed by atoms with E-state index in [2.05, 4.69) is 14.7 Å². The topological polar surface area (TPSA) is 60.2 Å². The predicted molar refractivity (Wildman–Crippen MR) is 73.6 cm³/mol. The number of methoxy groups -OCH3 is 1. The van der Waals surface area contributed by atoms with Gasteiger partial charge in [0.05, 0.1) is 6.61 Å². The van der Waals surface area contributed by atoms with E-state index >= 15 is 0 Å². The number of nitrogens with zero attached hydrogens (tertiary/aromatic N) is 2. The molecule has 2 aromatic rings. The Morgan fingerprint density at radius 3 is 3.00 bits per heavy atom. The summed E-state index contributed by atoms with van der Waals surface area (Å²) in [5.74, 6) is 3.31. The summed E-state index contributed by atoms with van der Waals surface area (Å²) >= 11 is 1.40. The van der Waals surface area contributed by atoms with Gasteiger partial charge in [-0.05, 0) is 31.9 Å². The second-order valence-corrected chi connectivity index (χ2v) is 5.58. The SMILES string of the molecule is COC[C@@H](Nc1nc(C2CC2)ns1)c1ccc(C)o1. The van der Waals surface area contributed by atoms with Crippen LogP contribution in [0.5, 0.6) is 0 Å². The molecule has 1 atom stereocenters. The Balaban J connectivity index is 1.72. The Hall–Kier alpha value is -1.40. The van der Waals surface area contributed by atoms with Crippen molar-refractivity contribution in [3.05, 3.63) is 29.5 Å². The summed E-state index contributed by atoms with van der Waals surface area (Å²) < 4.78 is 15.3. The molecule has 0 radical (unpaired) electrons. The summed E-state index contributed by atoms with van der Waals surface area (Å²) in [4.78, 5) is 4.53. The molecule has 0 aromatic carbocycles. The van der Waals surface area contributed by atoms with Gasteiger partial charge in [0.2, 0.25) is 5.13 Å². The second kappa shape index (κ2) is 5.30. The molecule has 0 spiro atoms. The minimum Gasteiger partial charge on any atom is -0.464 e. The highest BCUT2D eigenvalue weighted by molar-refractivity contribution is 7.09. The molecule has 0 unspecified atom stereocenters. The van der Waals surface area contributed by atoms with Gasteiger partial charge < -0.3 is 14.5 Å². The van der Waals surface area contributed by atoms with Gasteiger partial charge >= 0.3 is 0 Å². The second-order valence-electron chi connectivity index (χ2n) is 4.83. The molecular weight excluding hydrogens is 262 g/mol. The van der Waals surface area contributed by atoms with Crippen LogP contribution in [-0.4, -0.2) is 23.1 Å². The zero-order valence-corrected chi connectivity index (χ0v) is 11.9. The van der Waals surface area contributed by atoms with Crippen molar-refractivity contribution in [3.8, 4) is 0 Å². The molecule has 2 aromatic heterocycles. The zero-order chi connectivity index (χ0) is 13.2. The fourth-order valence-corrected chi connectivity index (χ4v) is 2.65. The van der Waals surface area contributed by atoms with Gasteiger partial charge in [-0.15, -0.1) is 0 Å². The van der Waals surface area contributed by atoms with Crippen molar-refractivity contribution in [1.29, 1.82) is 0 Å². The summed E-state index contributed by atoms with van der Waals surface area (Å²) in [7, 11) is 1.68. The zero-order valence-electron chi connectivity index (χ0n) is 11.0. The third kappa shape index (κ3) is 2.96. The Kier molecular flexibility index (Phi) is 3.52. The highest BCUT2D eigenvalue weighted by atomic mass is 32.1. The molecule has 3 rings (SSSR count). The number of hydrogen-bond donors (Lipinski definition) is 1.